The van der Waals surface area contributed by atoms with E-state index in [4.69, 9.17) is 16.4 Å². The van der Waals surface area contributed by atoms with Crippen molar-refractivity contribution in [1.82, 2.24) is 10.4 Å². The van der Waals surface area contributed by atoms with Crippen LogP contribution in [0.15, 0.2) is 24.3 Å². The molecule has 0 saturated carbocycles. The van der Waals surface area contributed by atoms with E-state index in [1.807, 2.05) is 0 Å². The summed E-state index contributed by atoms with van der Waals surface area (Å²) in [5.74, 6) is -0.437. The smallest absolute Gasteiger partial charge is 0.251 e. The minimum atomic E-state index is -0.237. The van der Waals surface area contributed by atoms with Gasteiger partial charge in [0.15, 0.2) is 0 Å². The minimum absolute atomic E-state index is 0.184. The molecule has 98 valence electrons. The molecule has 1 aromatic rings. The molecule has 5 nitrogen and oxygen atoms in total. The van der Waals surface area contributed by atoms with Crippen molar-refractivity contribution in [2.24, 2.45) is 0 Å². The van der Waals surface area contributed by atoms with Crippen LogP contribution in [0.5, 0.6) is 0 Å². The summed E-state index contributed by atoms with van der Waals surface area (Å²) in [7, 11) is 2.92. The fourth-order valence-corrected chi connectivity index (χ4v) is 1.37. The van der Waals surface area contributed by atoms with Crippen LogP contribution in [-0.2, 0) is 9.63 Å². The molecular formula is C12H15ClN2O3. The lowest BCUT2D eigenvalue weighted by Crippen LogP contribution is -2.31. The first-order valence-corrected chi connectivity index (χ1v) is 5.77. The highest BCUT2D eigenvalue weighted by Crippen LogP contribution is 2.09. The number of hydrogen-bond acceptors (Lipinski definition) is 3. The number of nitrogens with zero attached hydrogens (tertiary/aromatic N) is 1. The molecule has 1 N–H and O–H groups in total. The van der Waals surface area contributed by atoms with Gasteiger partial charge in [-0.25, -0.2) is 5.06 Å². The maximum atomic E-state index is 11.7. The highest BCUT2D eigenvalue weighted by molar-refractivity contribution is 6.30. The molecule has 0 heterocycles. The third-order valence-corrected chi connectivity index (χ3v) is 2.61. The lowest BCUT2D eigenvalue weighted by molar-refractivity contribution is -0.168. The van der Waals surface area contributed by atoms with E-state index in [2.05, 4.69) is 5.32 Å². The van der Waals surface area contributed by atoms with Gasteiger partial charge >= 0.3 is 0 Å². The van der Waals surface area contributed by atoms with Gasteiger partial charge in [0.1, 0.15) is 0 Å². The summed E-state index contributed by atoms with van der Waals surface area (Å²) in [6.45, 7) is 0.258. The van der Waals surface area contributed by atoms with Crippen molar-refractivity contribution in [2.45, 2.75) is 6.42 Å². The predicted molar refractivity (Wildman–Crippen MR) is 68.2 cm³/mol. The Hall–Kier alpha value is -1.59. The van der Waals surface area contributed by atoms with Crippen LogP contribution in [0, 0.1) is 0 Å². The summed E-state index contributed by atoms with van der Waals surface area (Å²) in [5.41, 5.74) is 0.506. The average Bonchev–Trinajstić information content (AvgIpc) is 2.38. The Labute approximate surface area is 111 Å². The first kappa shape index (κ1) is 14.5. The standard InChI is InChI=1S/C12H15ClN2O3/c1-15(18-2)11(16)7-8-14-12(17)9-3-5-10(13)6-4-9/h3-6H,7-8H2,1-2H3,(H,14,17). The van der Waals surface area contributed by atoms with E-state index in [9.17, 15) is 9.59 Å². The van der Waals surface area contributed by atoms with Gasteiger partial charge in [0.05, 0.1) is 7.11 Å². The highest BCUT2D eigenvalue weighted by Gasteiger charge is 2.09. The van der Waals surface area contributed by atoms with Gasteiger partial charge < -0.3 is 5.32 Å². The van der Waals surface area contributed by atoms with E-state index >= 15 is 0 Å². The minimum Gasteiger partial charge on any atom is -0.352 e. The number of benzene rings is 1. The fourth-order valence-electron chi connectivity index (χ4n) is 1.25. The van der Waals surface area contributed by atoms with Crippen LogP contribution in [0.1, 0.15) is 16.8 Å². The van der Waals surface area contributed by atoms with Crippen molar-refractivity contribution in [3.05, 3.63) is 34.9 Å². The Kier molecular flexibility index (Phi) is 5.61. The maximum Gasteiger partial charge on any atom is 0.251 e. The summed E-state index contributed by atoms with van der Waals surface area (Å²) in [6, 6.07) is 6.53. The fraction of sp³-hybridized carbons (Fsp3) is 0.333. The number of rotatable bonds is 5. The first-order chi connectivity index (χ1) is 8.54. The zero-order valence-electron chi connectivity index (χ0n) is 10.3. The molecule has 0 aromatic heterocycles. The molecule has 0 aliphatic carbocycles. The van der Waals surface area contributed by atoms with Gasteiger partial charge in [-0.05, 0) is 24.3 Å². The second-order valence-corrected chi connectivity index (χ2v) is 4.02. The van der Waals surface area contributed by atoms with Crippen LogP contribution in [0.25, 0.3) is 0 Å². The zero-order chi connectivity index (χ0) is 13.5. The van der Waals surface area contributed by atoms with Gasteiger partial charge in [-0.15, -0.1) is 0 Å². The SMILES string of the molecule is CON(C)C(=O)CCNC(=O)c1ccc(Cl)cc1. The molecule has 0 bridgehead atoms. The van der Waals surface area contributed by atoms with E-state index in [1.165, 1.54) is 14.2 Å². The van der Waals surface area contributed by atoms with Crippen molar-refractivity contribution in [3.63, 3.8) is 0 Å². The van der Waals surface area contributed by atoms with Gasteiger partial charge in [0.2, 0.25) is 5.91 Å². The van der Waals surface area contributed by atoms with Crippen LogP contribution >= 0.6 is 11.6 Å². The van der Waals surface area contributed by atoms with E-state index in [0.29, 0.717) is 10.6 Å². The third kappa shape index (κ3) is 4.35. The van der Waals surface area contributed by atoms with Crippen molar-refractivity contribution in [3.8, 4) is 0 Å². The van der Waals surface area contributed by atoms with Crippen LogP contribution in [-0.4, -0.2) is 37.6 Å². The van der Waals surface area contributed by atoms with E-state index in [1.54, 1.807) is 24.3 Å². The number of nitrogens with one attached hydrogen (secondary N) is 1. The third-order valence-electron chi connectivity index (χ3n) is 2.36. The maximum absolute atomic E-state index is 11.7. The van der Waals surface area contributed by atoms with Crippen molar-refractivity contribution in [1.29, 1.82) is 0 Å². The summed E-state index contributed by atoms with van der Waals surface area (Å²) in [6.07, 6.45) is 0.184. The molecule has 0 spiro atoms. The zero-order valence-corrected chi connectivity index (χ0v) is 11.0. The quantitative estimate of drug-likeness (QED) is 0.825. The summed E-state index contributed by atoms with van der Waals surface area (Å²) < 4.78 is 0. The molecule has 0 atom stereocenters. The summed E-state index contributed by atoms with van der Waals surface area (Å²) >= 11 is 5.72. The molecule has 1 rings (SSSR count). The molecule has 0 radical (unpaired) electrons. The molecular weight excluding hydrogens is 256 g/mol. The van der Waals surface area contributed by atoms with Crippen LogP contribution in [0.4, 0.5) is 0 Å². The van der Waals surface area contributed by atoms with E-state index < -0.39 is 0 Å². The number of carbonyl (C=O) groups is 2. The number of halogens is 1. The van der Waals surface area contributed by atoms with Gasteiger partial charge in [-0.2, -0.15) is 0 Å². The second-order valence-electron chi connectivity index (χ2n) is 3.59. The lowest BCUT2D eigenvalue weighted by Gasteiger charge is -2.13. The number of carbonyl (C=O) groups excluding carboxylic acids is 2. The Bertz CT molecular complexity index is 420. The molecule has 0 unspecified atom stereocenters. The Balaban J connectivity index is 2.38. The molecule has 0 fully saturated rings. The van der Waals surface area contributed by atoms with Gasteiger partial charge in [0.25, 0.3) is 5.91 Å². The highest BCUT2D eigenvalue weighted by atomic mass is 35.5. The van der Waals surface area contributed by atoms with Gasteiger partial charge in [-0.3, -0.25) is 14.4 Å². The molecule has 2 amide bonds. The van der Waals surface area contributed by atoms with E-state index in [-0.39, 0.29) is 24.8 Å². The molecule has 18 heavy (non-hydrogen) atoms. The largest absolute Gasteiger partial charge is 0.352 e. The molecule has 0 aliphatic heterocycles. The second kappa shape index (κ2) is 6.98. The lowest BCUT2D eigenvalue weighted by atomic mass is 10.2. The predicted octanol–water partition coefficient (Wildman–Crippen LogP) is 1.48. The Morgan fingerprint density at radius 1 is 1.33 bits per heavy atom. The average molecular weight is 271 g/mol. The summed E-state index contributed by atoms with van der Waals surface area (Å²) in [4.78, 5) is 27.8. The van der Waals surface area contributed by atoms with E-state index in [0.717, 1.165) is 5.06 Å². The molecule has 6 heteroatoms. The Morgan fingerprint density at radius 3 is 2.50 bits per heavy atom. The van der Waals surface area contributed by atoms with Crippen LogP contribution in [0.2, 0.25) is 5.02 Å². The summed E-state index contributed by atoms with van der Waals surface area (Å²) in [5, 5.41) is 4.34. The molecule has 0 saturated heterocycles. The molecule has 0 aliphatic rings. The van der Waals surface area contributed by atoms with Gasteiger partial charge in [0, 0.05) is 30.6 Å². The van der Waals surface area contributed by atoms with Crippen molar-refractivity contribution < 1.29 is 14.4 Å². The normalized spacial score (nSPS) is 9.94. The van der Waals surface area contributed by atoms with Crippen LogP contribution in [0.3, 0.4) is 0 Å². The monoisotopic (exact) mass is 270 g/mol. The number of hydrogen-bond donors (Lipinski definition) is 1. The number of amides is 2. The van der Waals surface area contributed by atoms with Crippen molar-refractivity contribution >= 4 is 23.4 Å². The molecule has 1 aromatic carbocycles. The van der Waals surface area contributed by atoms with Crippen molar-refractivity contribution in [2.75, 3.05) is 20.7 Å². The first-order valence-electron chi connectivity index (χ1n) is 5.39. The van der Waals surface area contributed by atoms with Gasteiger partial charge in [-0.1, -0.05) is 11.6 Å². The topological polar surface area (TPSA) is 58.6 Å². The van der Waals surface area contributed by atoms with Crippen LogP contribution < -0.4 is 5.32 Å². The Morgan fingerprint density at radius 2 is 1.94 bits per heavy atom. The number of hydroxylamine groups is 2.